The zero-order valence-corrected chi connectivity index (χ0v) is 15.1. The van der Waals surface area contributed by atoms with E-state index in [-0.39, 0.29) is 5.91 Å². The molecule has 0 saturated carbocycles. The number of rotatable bonds is 4. The summed E-state index contributed by atoms with van der Waals surface area (Å²) in [6.07, 6.45) is 1.87. The first kappa shape index (κ1) is 16.8. The van der Waals surface area contributed by atoms with Crippen molar-refractivity contribution < 1.29 is 4.79 Å². The number of hydrogen-bond donors (Lipinski definition) is 0. The van der Waals surface area contributed by atoms with Crippen molar-refractivity contribution in [3.8, 4) is 0 Å². The van der Waals surface area contributed by atoms with Crippen LogP contribution in [-0.4, -0.2) is 51.7 Å². The van der Waals surface area contributed by atoms with Crippen LogP contribution in [0.25, 0.3) is 10.8 Å². The minimum atomic E-state index is 0.0435. The summed E-state index contributed by atoms with van der Waals surface area (Å²) in [6.45, 7) is 7.02. The minimum absolute atomic E-state index is 0.0435. The number of aryl methyl sites for hydroxylation is 1. The molecule has 1 aliphatic heterocycles. The molecule has 5 heteroatoms. The molecule has 2 aromatic carbocycles. The number of carbonyl (C=O) groups excluding carboxylic acids is 1. The first-order valence-corrected chi connectivity index (χ1v) is 9.26. The highest BCUT2D eigenvalue weighted by molar-refractivity contribution is 5.92. The van der Waals surface area contributed by atoms with Crippen molar-refractivity contribution in [2.45, 2.75) is 20.0 Å². The summed E-state index contributed by atoms with van der Waals surface area (Å²) < 4.78 is 1.80. The quantitative estimate of drug-likeness (QED) is 0.728. The molecule has 1 aliphatic rings. The van der Waals surface area contributed by atoms with Crippen LogP contribution in [0.3, 0.4) is 0 Å². The van der Waals surface area contributed by atoms with Crippen molar-refractivity contribution in [3.63, 3.8) is 0 Å². The molecular formula is C21H24N4O. The SMILES string of the molecule is CCn1ccc(C(=O)N2CCN(Cc3cccc4ccccc34)CC2)n1. The van der Waals surface area contributed by atoms with E-state index in [0.717, 1.165) is 39.3 Å². The van der Waals surface area contributed by atoms with Crippen LogP contribution in [-0.2, 0) is 13.1 Å². The maximum Gasteiger partial charge on any atom is 0.274 e. The Labute approximate surface area is 153 Å². The van der Waals surface area contributed by atoms with Crippen molar-refractivity contribution >= 4 is 16.7 Å². The molecule has 26 heavy (non-hydrogen) atoms. The Morgan fingerprint density at radius 2 is 1.77 bits per heavy atom. The number of fused-ring (bicyclic) bond motifs is 1. The van der Waals surface area contributed by atoms with Crippen LogP contribution < -0.4 is 0 Å². The fourth-order valence-electron chi connectivity index (χ4n) is 3.59. The molecule has 0 aliphatic carbocycles. The fraction of sp³-hybridized carbons (Fsp3) is 0.333. The van der Waals surface area contributed by atoms with Crippen LogP contribution in [0, 0.1) is 0 Å². The van der Waals surface area contributed by atoms with Crippen molar-refractivity contribution in [1.82, 2.24) is 19.6 Å². The highest BCUT2D eigenvalue weighted by Crippen LogP contribution is 2.20. The molecule has 5 nitrogen and oxygen atoms in total. The second-order valence-electron chi connectivity index (χ2n) is 6.76. The number of benzene rings is 2. The summed E-state index contributed by atoms with van der Waals surface area (Å²) in [5, 5.41) is 6.94. The standard InChI is InChI=1S/C21H24N4O/c1-2-25-11-10-20(22-25)21(26)24-14-12-23(13-15-24)16-18-8-5-7-17-6-3-4-9-19(17)18/h3-11H,2,12-16H2,1H3. The van der Waals surface area contributed by atoms with Gasteiger partial charge in [-0.25, -0.2) is 0 Å². The van der Waals surface area contributed by atoms with Gasteiger partial charge in [-0.15, -0.1) is 0 Å². The van der Waals surface area contributed by atoms with E-state index in [9.17, 15) is 4.79 Å². The van der Waals surface area contributed by atoms with Crippen LogP contribution in [0.15, 0.2) is 54.7 Å². The molecule has 4 rings (SSSR count). The fourth-order valence-corrected chi connectivity index (χ4v) is 3.59. The lowest BCUT2D eigenvalue weighted by Crippen LogP contribution is -2.48. The summed E-state index contributed by atoms with van der Waals surface area (Å²) in [5.41, 5.74) is 1.90. The van der Waals surface area contributed by atoms with Crippen LogP contribution in [0.4, 0.5) is 0 Å². The van der Waals surface area contributed by atoms with Crippen LogP contribution >= 0.6 is 0 Å². The van der Waals surface area contributed by atoms with E-state index in [1.54, 1.807) is 4.68 Å². The summed E-state index contributed by atoms with van der Waals surface area (Å²) in [5.74, 6) is 0.0435. The predicted molar refractivity (Wildman–Crippen MR) is 103 cm³/mol. The first-order chi connectivity index (χ1) is 12.7. The molecule has 0 unspecified atom stereocenters. The predicted octanol–water partition coefficient (Wildman–Crippen LogP) is 3.01. The van der Waals surface area contributed by atoms with Gasteiger partial charge in [0.15, 0.2) is 0 Å². The van der Waals surface area contributed by atoms with Gasteiger partial charge >= 0.3 is 0 Å². The molecule has 1 saturated heterocycles. The maximum absolute atomic E-state index is 12.6. The van der Waals surface area contributed by atoms with Gasteiger partial charge in [0, 0.05) is 45.5 Å². The molecule has 0 spiro atoms. The Hall–Kier alpha value is -2.66. The third kappa shape index (κ3) is 3.35. The van der Waals surface area contributed by atoms with Crippen molar-refractivity contribution in [2.75, 3.05) is 26.2 Å². The van der Waals surface area contributed by atoms with Crippen LogP contribution in [0.5, 0.6) is 0 Å². The van der Waals surface area contributed by atoms with Gasteiger partial charge in [0.1, 0.15) is 5.69 Å². The smallest absolute Gasteiger partial charge is 0.274 e. The lowest BCUT2D eigenvalue weighted by molar-refractivity contribution is 0.0622. The molecule has 1 fully saturated rings. The van der Waals surface area contributed by atoms with Crippen molar-refractivity contribution in [3.05, 3.63) is 66.0 Å². The van der Waals surface area contributed by atoms with E-state index in [0.29, 0.717) is 5.69 Å². The largest absolute Gasteiger partial charge is 0.335 e. The van der Waals surface area contributed by atoms with E-state index in [4.69, 9.17) is 0 Å². The van der Waals surface area contributed by atoms with Gasteiger partial charge in [-0.05, 0) is 29.3 Å². The zero-order valence-electron chi connectivity index (χ0n) is 15.1. The normalized spacial score (nSPS) is 15.5. The van der Waals surface area contributed by atoms with Gasteiger partial charge in [-0.3, -0.25) is 14.4 Å². The third-order valence-corrected chi connectivity index (χ3v) is 5.12. The monoisotopic (exact) mass is 348 g/mol. The Morgan fingerprint density at radius 3 is 2.54 bits per heavy atom. The van der Waals surface area contributed by atoms with E-state index in [2.05, 4.69) is 52.5 Å². The van der Waals surface area contributed by atoms with Crippen molar-refractivity contribution in [1.29, 1.82) is 0 Å². The molecular weight excluding hydrogens is 324 g/mol. The van der Waals surface area contributed by atoms with Gasteiger partial charge in [0.25, 0.3) is 5.91 Å². The van der Waals surface area contributed by atoms with Gasteiger partial charge in [0.2, 0.25) is 0 Å². The Kier molecular flexibility index (Phi) is 4.71. The summed E-state index contributed by atoms with van der Waals surface area (Å²) in [6, 6.07) is 16.8. The molecule has 0 atom stereocenters. The number of carbonyl (C=O) groups is 1. The first-order valence-electron chi connectivity index (χ1n) is 9.26. The summed E-state index contributed by atoms with van der Waals surface area (Å²) in [4.78, 5) is 16.9. The molecule has 0 bridgehead atoms. The average Bonchev–Trinajstić information content (AvgIpc) is 3.18. The second kappa shape index (κ2) is 7.30. The zero-order chi connectivity index (χ0) is 17.9. The molecule has 0 N–H and O–H groups in total. The van der Waals surface area contributed by atoms with Gasteiger partial charge in [0.05, 0.1) is 0 Å². The van der Waals surface area contributed by atoms with Crippen molar-refractivity contribution in [2.24, 2.45) is 0 Å². The van der Waals surface area contributed by atoms with Gasteiger partial charge < -0.3 is 4.90 Å². The Bertz CT molecular complexity index is 904. The molecule has 134 valence electrons. The van der Waals surface area contributed by atoms with Gasteiger partial charge in [-0.2, -0.15) is 5.10 Å². The number of aromatic nitrogens is 2. The molecule has 1 aromatic heterocycles. The maximum atomic E-state index is 12.6. The van der Waals surface area contributed by atoms with Crippen LogP contribution in [0.2, 0.25) is 0 Å². The second-order valence-corrected chi connectivity index (χ2v) is 6.76. The van der Waals surface area contributed by atoms with E-state index < -0.39 is 0 Å². The van der Waals surface area contributed by atoms with Crippen LogP contribution in [0.1, 0.15) is 23.0 Å². The lowest BCUT2D eigenvalue weighted by atomic mass is 10.0. The topological polar surface area (TPSA) is 41.4 Å². The highest BCUT2D eigenvalue weighted by atomic mass is 16.2. The lowest BCUT2D eigenvalue weighted by Gasteiger charge is -2.34. The molecule has 3 aromatic rings. The number of amides is 1. The minimum Gasteiger partial charge on any atom is -0.335 e. The number of piperazine rings is 1. The molecule has 2 heterocycles. The van der Waals surface area contributed by atoms with E-state index >= 15 is 0 Å². The van der Waals surface area contributed by atoms with Gasteiger partial charge in [-0.1, -0.05) is 42.5 Å². The summed E-state index contributed by atoms with van der Waals surface area (Å²) >= 11 is 0. The number of hydrogen-bond acceptors (Lipinski definition) is 3. The Morgan fingerprint density at radius 1 is 1.00 bits per heavy atom. The highest BCUT2D eigenvalue weighted by Gasteiger charge is 2.23. The number of nitrogens with zero attached hydrogens (tertiary/aromatic N) is 4. The Balaban J connectivity index is 1.39. The molecule has 1 amide bonds. The average molecular weight is 348 g/mol. The third-order valence-electron chi connectivity index (χ3n) is 5.12. The van der Waals surface area contributed by atoms with E-state index in [1.165, 1.54) is 16.3 Å². The molecule has 0 radical (unpaired) electrons. The van der Waals surface area contributed by atoms with E-state index in [1.807, 2.05) is 24.1 Å². The summed E-state index contributed by atoms with van der Waals surface area (Å²) in [7, 11) is 0.